The van der Waals surface area contributed by atoms with Gasteiger partial charge in [0, 0.05) is 19.0 Å². The van der Waals surface area contributed by atoms with E-state index in [1.165, 1.54) is 0 Å². The summed E-state index contributed by atoms with van der Waals surface area (Å²) in [7, 11) is 0. The fourth-order valence-corrected chi connectivity index (χ4v) is 2.75. The molecule has 0 unspecified atom stereocenters. The Morgan fingerprint density at radius 1 is 1.39 bits per heavy atom. The van der Waals surface area contributed by atoms with Crippen LogP contribution in [0, 0.1) is 0 Å². The van der Waals surface area contributed by atoms with Crippen LogP contribution in [0.25, 0.3) is 10.2 Å². The van der Waals surface area contributed by atoms with Crippen molar-refractivity contribution in [3.63, 3.8) is 0 Å². The van der Waals surface area contributed by atoms with Crippen LogP contribution in [0.1, 0.15) is 26.6 Å². The second kappa shape index (κ2) is 5.63. The smallest absolute Gasteiger partial charge is 0.141 e. The number of fused-ring (bicyclic) bond motifs is 1. The van der Waals surface area contributed by atoms with Gasteiger partial charge in [-0.05, 0) is 25.3 Å². The average molecular weight is 265 g/mol. The van der Waals surface area contributed by atoms with Crippen LogP contribution < -0.4 is 4.90 Å². The number of hydrogen-bond acceptors (Lipinski definition) is 5. The molecule has 0 saturated carbocycles. The summed E-state index contributed by atoms with van der Waals surface area (Å²) in [4.78, 5) is 12.3. The van der Waals surface area contributed by atoms with E-state index in [0.29, 0.717) is 12.6 Å². The number of aliphatic hydroxyl groups excluding tert-OH is 1. The molecule has 0 fully saturated rings. The van der Waals surface area contributed by atoms with Gasteiger partial charge in [-0.2, -0.15) is 0 Å². The van der Waals surface area contributed by atoms with Crippen LogP contribution in [0.4, 0.5) is 5.82 Å². The standard InChI is InChI=1S/C13H19N3OS/c1-4-11-14-12(16(6-7-17)9(2)3)10-5-8-18-13(10)15-11/h5,8-9,17H,4,6-7H2,1-3H3. The van der Waals surface area contributed by atoms with Gasteiger partial charge in [-0.25, -0.2) is 9.97 Å². The Kier molecular flexibility index (Phi) is 4.14. The first-order valence-electron chi connectivity index (χ1n) is 6.29. The van der Waals surface area contributed by atoms with E-state index in [2.05, 4.69) is 41.7 Å². The first kappa shape index (κ1) is 13.2. The Bertz CT molecular complexity index is 524. The van der Waals surface area contributed by atoms with E-state index in [0.717, 1.165) is 28.3 Å². The Morgan fingerprint density at radius 2 is 2.17 bits per heavy atom. The lowest BCUT2D eigenvalue weighted by atomic mass is 10.2. The molecule has 0 amide bonds. The maximum absolute atomic E-state index is 9.21. The van der Waals surface area contributed by atoms with Crippen molar-refractivity contribution in [3.05, 3.63) is 17.3 Å². The van der Waals surface area contributed by atoms with Crippen LogP contribution in [-0.4, -0.2) is 34.3 Å². The summed E-state index contributed by atoms with van der Waals surface area (Å²) in [6, 6.07) is 2.36. The molecule has 0 spiro atoms. The number of nitrogens with zero attached hydrogens (tertiary/aromatic N) is 3. The van der Waals surface area contributed by atoms with E-state index in [-0.39, 0.29) is 6.61 Å². The van der Waals surface area contributed by atoms with Crippen LogP contribution in [0.2, 0.25) is 0 Å². The monoisotopic (exact) mass is 265 g/mol. The molecule has 2 aromatic rings. The second-order valence-corrected chi connectivity index (χ2v) is 5.36. The van der Waals surface area contributed by atoms with Crippen molar-refractivity contribution in [1.29, 1.82) is 0 Å². The lowest BCUT2D eigenvalue weighted by Gasteiger charge is -2.27. The van der Waals surface area contributed by atoms with Crippen LogP contribution in [0.5, 0.6) is 0 Å². The van der Waals surface area contributed by atoms with Crippen molar-refractivity contribution in [2.24, 2.45) is 0 Å². The van der Waals surface area contributed by atoms with Crippen LogP contribution in [0.3, 0.4) is 0 Å². The van der Waals surface area contributed by atoms with Gasteiger partial charge in [0.05, 0.1) is 12.0 Å². The third-order valence-electron chi connectivity index (χ3n) is 2.90. The number of hydrogen-bond donors (Lipinski definition) is 1. The molecule has 98 valence electrons. The van der Waals surface area contributed by atoms with Crippen molar-refractivity contribution in [3.8, 4) is 0 Å². The van der Waals surface area contributed by atoms with Gasteiger partial charge in [0.2, 0.25) is 0 Å². The van der Waals surface area contributed by atoms with Gasteiger partial charge in [-0.1, -0.05) is 6.92 Å². The molecule has 5 heteroatoms. The lowest BCUT2D eigenvalue weighted by Crippen LogP contribution is -2.34. The highest BCUT2D eigenvalue weighted by Gasteiger charge is 2.17. The van der Waals surface area contributed by atoms with E-state index < -0.39 is 0 Å². The predicted molar refractivity (Wildman–Crippen MR) is 76.4 cm³/mol. The third kappa shape index (κ3) is 2.47. The van der Waals surface area contributed by atoms with E-state index >= 15 is 0 Å². The Hall–Kier alpha value is -1.20. The zero-order valence-electron chi connectivity index (χ0n) is 11.1. The number of anilines is 1. The van der Waals surface area contributed by atoms with Gasteiger partial charge in [-0.15, -0.1) is 11.3 Å². The first-order chi connectivity index (χ1) is 8.67. The topological polar surface area (TPSA) is 49.2 Å². The van der Waals surface area contributed by atoms with Gasteiger partial charge in [-0.3, -0.25) is 0 Å². The summed E-state index contributed by atoms with van der Waals surface area (Å²) < 4.78 is 0. The number of aromatic nitrogens is 2. The van der Waals surface area contributed by atoms with Gasteiger partial charge < -0.3 is 10.0 Å². The van der Waals surface area contributed by atoms with E-state index in [1.807, 2.05) is 5.38 Å². The maximum Gasteiger partial charge on any atom is 0.141 e. The molecular weight excluding hydrogens is 246 g/mol. The molecule has 0 aliphatic heterocycles. The molecule has 2 aromatic heterocycles. The quantitative estimate of drug-likeness (QED) is 0.902. The lowest BCUT2D eigenvalue weighted by molar-refractivity contribution is 0.298. The van der Waals surface area contributed by atoms with Crippen molar-refractivity contribution in [2.45, 2.75) is 33.2 Å². The fourth-order valence-electron chi connectivity index (χ4n) is 1.98. The molecule has 2 rings (SSSR count). The van der Waals surface area contributed by atoms with Crippen molar-refractivity contribution >= 4 is 27.4 Å². The number of aryl methyl sites for hydroxylation is 1. The van der Waals surface area contributed by atoms with Gasteiger partial charge in [0.1, 0.15) is 16.5 Å². The normalized spacial score (nSPS) is 11.4. The average Bonchev–Trinajstić information content (AvgIpc) is 2.82. The molecule has 0 aliphatic rings. The second-order valence-electron chi connectivity index (χ2n) is 4.47. The highest BCUT2D eigenvalue weighted by molar-refractivity contribution is 7.16. The van der Waals surface area contributed by atoms with Crippen LogP contribution in [-0.2, 0) is 6.42 Å². The Labute approximate surface area is 111 Å². The minimum atomic E-state index is 0.134. The SMILES string of the molecule is CCc1nc(N(CCO)C(C)C)c2ccsc2n1. The minimum absolute atomic E-state index is 0.134. The highest BCUT2D eigenvalue weighted by Crippen LogP contribution is 2.28. The molecule has 0 saturated heterocycles. The molecule has 4 nitrogen and oxygen atoms in total. The van der Waals surface area contributed by atoms with Gasteiger partial charge in [0.15, 0.2) is 0 Å². The first-order valence-corrected chi connectivity index (χ1v) is 7.17. The maximum atomic E-state index is 9.21. The Morgan fingerprint density at radius 3 is 2.78 bits per heavy atom. The summed E-state index contributed by atoms with van der Waals surface area (Å²) in [5.41, 5.74) is 0. The van der Waals surface area contributed by atoms with Crippen molar-refractivity contribution in [2.75, 3.05) is 18.1 Å². The van der Waals surface area contributed by atoms with Crippen LogP contribution in [0.15, 0.2) is 11.4 Å². The zero-order valence-corrected chi connectivity index (χ0v) is 11.9. The zero-order chi connectivity index (χ0) is 13.1. The Balaban J connectivity index is 2.55. The van der Waals surface area contributed by atoms with Gasteiger partial charge >= 0.3 is 0 Å². The van der Waals surface area contributed by atoms with E-state index in [1.54, 1.807) is 11.3 Å². The largest absolute Gasteiger partial charge is 0.395 e. The summed E-state index contributed by atoms with van der Waals surface area (Å²) in [6.07, 6.45) is 0.825. The third-order valence-corrected chi connectivity index (χ3v) is 3.71. The van der Waals surface area contributed by atoms with Crippen molar-refractivity contribution < 1.29 is 5.11 Å². The van der Waals surface area contributed by atoms with Crippen LogP contribution >= 0.6 is 11.3 Å². The minimum Gasteiger partial charge on any atom is -0.395 e. The highest BCUT2D eigenvalue weighted by atomic mass is 32.1. The van der Waals surface area contributed by atoms with Gasteiger partial charge in [0.25, 0.3) is 0 Å². The summed E-state index contributed by atoms with van der Waals surface area (Å²) in [6.45, 7) is 7.02. The molecular formula is C13H19N3OS. The van der Waals surface area contributed by atoms with E-state index in [9.17, 15) is 5.11 Å². The molecule has 0 aliphatic carbocycles. The number of aliphatic hydroxyl groups is 1. The molecule has 0 bridgehead atoms. The molecule has 0 radical (unpaired) electrons. The number of rotatable bonds is 5. The van der Waals surface area contributed by atoms with E-state index in [4.69, 9.17) is 0 Å². The molecule has 18 heavy (non-hydrogen) atoms. The molecule has 0 atom stereocenters. The fraction of sp³-hybridized carbons (Fsp3) is 0.538. The summed E-state index contributed by atoms with van der Waals surface area (Å²) >= 11 is 1.64. The number of thiophene rings is 1. The summed E-state index contributed by atoms with van der Waals surface area (Å²) in [5.74, 6) is 1.81. The summed E-state index contributed by atoms with van der Waals surface area (Å²) in [5, 5.41) is 12.3. The molecule has 0 aromatic carbocycles. The molecule has 1 N–H and O–H groups in total. The van der Waals surface area contributed by atoms with Crippen molar-refractivity contribution in [1.82, 2.24) is 9.97 Å². The predicted octanol–water partition coefficient (Wildman–Crippen LogP) is 2.46. The molecule has 2 heterocycles.